The lowest BCUT2D eigenvalue weighted by Gasteiger charge is -2.06. The van der Waals surface area contributed by atoms with E-state index in [0.717, 1.165) is 12.8 Å². The molecular weight excluding hydrogens is 208 g/mol. The smallest absolute Gasteiger partial charge is 0.150 e. The van der Waals surface area contributed by atoms with Crippen molar-refractivity contribution < 1.29 is 8.42 Å². The van der Waals surface area contributed by atoms with Gasteiger partial charge in [-0.3, -0.25) is 0 Å². The van der Waals surface area contributed by atoms with Gasteiger partial charge in [0.15, 0.2) is 9.84 Å². The first kappa shape index (κ1) is 14.9. The van der Waals surface area contributed by atoms with Gasteiger partial charge in [0.2, 0.25) is 0 Å². The summed E-state index contributed by atoms with van der Waals surface area (Å²) in [4.78, 5) is 0. The lowest BCUT2D eigenvalue weighted by Crippen LogP contribution is -2.15. The predicted molar refractivity (Wildman–Crippen MR) is 66.9 cm³/mol. The molecule has 0 bridgehead atoms. The first-order chi connectivity index (χ1) is 6.98. The maximum absolute atomic E-state index is 11.5. The average Bonchev–Trinajstić information content (AvgIpc) is 2.08. The van der Waals surface area contributed by atoms with Gasteiger partial charge in [0.1, 0.15) is 0 Å². The summed E-state index contributed by atoms with van der Waals surface area (Å²) in [5.41, 5.74) is 0. The zero-order chi connectivity index (χ0) is 11.7. The van der Waals surface area contributed by atoms with E-state index in [2.05, 4.69) is 6.92 Å². The minimum absolute atomic E-state index is 0.259. The van der Waals surface area contributed by atoms with E-state index in [0.29, 0.717) is 11.5 Å². The van der Waals surface area contributed by atoms with Gasteiger partial charge in [-0.1, -0.05) is 52.9 Å². The summed E-state index contributed by atoms with van der Waals surface area (Å²) in [5, 5.41) is 0. The minimum Gasteiger partial charge on any atom is -0.229 e. The average molecular weight is 234 g/mol. The van der Waals surface area contributed by atoms with Gasteiger partial charge < -0.3 is 0 Å². The van der Waals surface area contributed by atoms with E-state index < -0.39 is 9.84 Å². The van der Waals surface area contributed by atoms with Crippen LogP contribution >= 0.6 is 0 Å². The fraction of sp³-hybridized carbons (Fsp3) is 1.00. The molecule has 0 aliphatic rings. The molecule has 0 aromatic heterocycles. The summed E-state index contributed by atoms with van der Waals surface area (Å²) in [5.74, 6) is 0.995. The van der Waals surface area contributed by atoms with Crippen LogP contribution in [-0.2, 0) is 9.84 Å². The van der Waals surface area contributed by atoms with E-state index in [1.165, 1.54) is 25.7 Å². The molecule has 92 valence electrons. The number of hydrogen-bond donors (Lipinski definition) is 0. The van der Waals surface area contributed by atoms with Gasteiger partial charge >= 0.3 is 0 Å². The molecule has 0 radical (unpaired) electrons. The molecule has 0 amide bonds. The van der Waals surface area contributed by atoms with Crippen LogP contribution in [0.15, 0.2) is 0 Å². The first-order valence-electron chi connectivity index (χ1n) is 6.18. The molecular formula is C12H26O2S. The summed E-state index contributed by atoms with van der Waals surface area (Å²) in [6.45, 7) is 6.10. The zero-order valence-electron chi connectivity index (χ0n) is 10.5. The summed E-state index contributed by atoms with van der Waals surface area (Å²) < 4.78 is 23.1. The summed E-state index contributed by atoms with van der Waals surface area (Å²) >= 11 is 0. The van der Waals surface area contributed by atoms with Crippen LogP contribution in [0, 0.1) is 5.92 Å². The Morgan fingerprint density at radius 3 is 2.00 bits per heavy atom. The van der Waals surface area contributed by atoms with Crippen LogP contribution in [0.5, 0.6) is 0 Å². The van der Waals surface area contributed by atoms with Crippen molar-refractivity contribution in [1.82, 2.24) is 0 Å². The Morgan fingerprint density at radius 1 is 0.933 bits per heavy atom. The van der Waals surface area contributed by atoms with Gasteiger partial charge in [-0.25, -0.2) is 8.42 Å². The van der Waals surface area contributed by atoms with Crippen molar-refractivity contribution in [3.63, 3.8) is 0 Å². The molecule has 0 N–H and O–H groups in total. The SMILES string of the molecule is CCCCCCCCS(=O)(=O)CC(C)C. The molecule has 0 aliphatic carbocycles. The Morgan fingerprint density at radius 2 is 1.47 bits per heavy atom. The molecule has 0 rings (SSSR count). The number of sulfone groups is 1. The molecule has 0 unspecified atom stereocenters. The van der Waals surface area contributed by atoms with Crippen molar-refractivity contribution >= 4 is 9.84 Å². The molecule has 0 aromatic carbocycles. The van der Waals surface area contributed by atoms with Crippen molar-refractivity contribution in [2.45, 2.75) is 59.3 Å². The summed E-state index contributed by atoms with van der Waals surface area (Å²) in [6, 6.07) is 0. The summed E-state index contributed by atoms with van der Waals surface area (Å²) in [6.07, 6.45) is 6.87. The van der Waals surface area contributed by atoms with Gasteiger partial charge in [0, 0.05) is 0 Å². The molecule has 0 spiro atoms. The fourth-order valence-electron chi connectivity index (χ4n) is 1.69. The Labute approximate surface area is 95.4 Å². The highest BCUT2D eigenvalue weighted by Gasteiger charge is 2.12. The van der Waals surface area contributed by atoms with E-state index in [-0.39, 0.29) is 5.92 Å². The van der Waals surface area contributed by atoms with Crippen LogP contribution in [0.4, 0.5) is 0 Å². The van der Waals surface area contributed by atoms with Crippen molar-refractivity contribution in [2.75, 3.05) is 11.5 Å². The van der Waals surface area contributed by atoms with E-state index >= 15 is 0 Å². The second-order valence-corrected chi connectivity index (χ2v) is 7.00. The standard InChI is InChI=1S/C12H26O2S/c1-4-5-6-7-8-9-10-15(13,14)11-12(2)3/h12H,4-11H2,1-3H3. The van der Waals surface area contributed by atoms with Crippen LogP contribution in [0.25, 0.3) is 0 Å². The topological polar surface area (TPSA) is 34.1 Å². The fourth-order valence-corrected chi connectivity index (χ4v) is 3.52. The molecule has 0 saturated carbocycles. The molecule has 0 aliphatic heterocycles. The van der Waals surface area contributed by atoms with Crippen LogP contribution < -0.4 is 0 Å². The van der Waals surface area contributed by atoms with Crippen molar-refractivity contribution in [2.24, 2.45) is 5.92 Å². The second kappa shape index (κ2) is 8.14. The Bertz CT molecular complexity index is 230. The predicted octanol–water partition coefficient (Wildman–Crippen LogP) is 3.42. The van der Waals surface area contributed by atoms with Gasteiger partial charge in [0.25, 0.3) is 0 Å². The first-order valence-corrected chi connectivity index (χ1v) is 8.00. The zero-order valence-corrected chi connectivity index (χ0v) is 11.3. The van der Waals surface area contributed by atoms with Crippen molar-refractivity contribution in [3.8, 4) is 0 Å². The van der Waals surface area contributed by atoms with Gasteiger partial charge in [0.05, 0.1) is 11.5 Å². The molecule has 0 fully saturated rings. The molecule has 0 saturated heterocycles. The largest absolute Gasteiger partial charge is 0.229 e. The molecule has 0 atom stereocenters. The molecule has 0 heterocycles. The van der Waals surface area contributed by atoms with Crippen LogP contribution in [0.1, 0.15) is 59.3 Å². The maximum atomic E-state index is 11.5. The highest BCUT2D eigenvalue weighted by atomic mass is 32.2. The van der Waals surface area contributed by atoms with E-state index in [4.69, 9.17) is 0 Å². The monoisotopic (exact) mass is 234 g/mol. The van der Waals surface area contributed by atoms with Gasteiger partial charge in [-0.05, 0) is 12.3 Å². The van der Waals surface area contributed by atoms with E-state index in [9.17, 15) is 8.42 Å². The number of hydrogen-bond acceptors (Lipinski definition) is 2. The Balaban J connectivity index is 3.50. The lowest BCUT2D eigenvalue weighted by atomic mass is 10.1. The van der Waals surface area contributed by atoms with E-state index in [1.807, 2.05) is 13.8 Å². The van der Waals surface area contributed by atoms with Gasteiger partial charge in [-0.2, -0.15) is 0 Å². The number of rotatable bonds is 9. The molecule has 3 heteroatoms. The van der Waals surface area contributed by atoms with Crippen LogP contribution in [-0.4, -0.2) is 19.9 Å². The van der Waals surface area contributed by atoms with Crippen LogP contribution in [0.3, 0.4) is 0 Å². The third-order valence-corrected chi connectivity index (χ3v) is 4.48. The molecule has 2 nitrogen and oxygen atoms in total. The quantitative estimate of drug-likeness (QED) is 0.573. The molecule has 15 heavy (non-hydrogen) atoms. The normalized spacial score (nSPS) is 12.3. The Hall–Kier alpha value is -0.0500. The summed E-state index contributed by atoms with van der Waals surface area (Å²) in [7, 11) is -2.77. The minimum atomic E-state index is -2.77. The maximum Gasteiger partial charge on any atom is 0.150 e. The van der Waals surface area contributed by atoms with Crippen molar-refractivity contribution in [1.29, 1.82) is 0 Å². The third kappa shape index (κ3) is 10.2. The molecule has 0 aromatic rings. The number of unbranched alkanes of at least 4 members (excludes halogenated alkanes) is 5. The van der Waals surface area contributed by atoms with E-state index in [1.54, 1.807) is 0 Å². The highest BCUT2D eigenvalue weighted by Crippen LogP contribution is 2.08. The lowest BCUT2D eigenvalue weighted by molar-refractivity contribution is 0.572. The van der Waals surface area contributed by atoms with Crippen molar-refractivity contribution in [3.05, 3.63) is 0 Å². The third-order valence-electron chi connectivity index (χ3n) is 2.40. The Kier molecular flexibility index (Phi) is 8.12. The second-order valence-electron chi connectivity index (χ2n) is 4.78. The highest BCUT2D eigenvalue weighted by molar-refractivity contribution is 7.91. The van der Waals surface area contributed by atoms with Gasteiger partial charge in [-0.15, -0.1) is 0 Å². The van der Waals surface area contributed by atoms with Crippen LogP contribution in [0.2, 0.25) is 0 Å².